The number of nitrogens with zero attached hydrogens (tertiary/aromatic N) is 2. The molecule has 0 bridgehead atoms. The van der Waals surface area contributed by atoms with Gasteiger partial charge < -0.3 is 4.42 Å². The van der Waals surface area contributed by atoms with E-state index in [0.29, 0.717) is 27.7 Å². The second-order valence-corrected chi connectivity index (χ2v) is 6.66. The number of halogens is 2. The molecule has 0 saturated carbocycles. The van der Waals surface area contributed by atoms with Crippen LogP contribution in [-0.4, -0.2) is 17.0 Å². The van der Waals surface area contributed by atoms with Crippen LogP contribution in [0, 0.1) is 10.1 Å². The molecule has 7 nitrogen and oxygen atoms in total. The largest absolute Gasteiger partial charge is 0.455 e. The second kappa shape index (κ2) is 8.15. The van der Waals surface area contributed by atoms with Crippen molar-refractivity contribution in [3.05, 3.63) is 85.5 Å². The molecule has 3 aromatic rings. The first-order valence-electron chi connectivity index (χ1n) is 7.57. The van der Waals surface area contributed by atoms with Crippen molar-refractivity contribution < 1.29 is 14.1 Å². The van der Waals surface area contributed by atoms with Gasteiger partial charge in [0.05, 0.1) is 16.2 Å². The van der Waals surface area contributed by atoms with Crippen molar-refractivity contribution in [3.63, 3.8) is 0 Å². The quantitative estimate of drug-likeness (QED) is 0.336. The summed E-state index contributed by atoms with van der Waals surface area (Å²) in [4.78, 5) is 22.4. The molecule has 2 aromatic carbocycles. The molecular weight excluding hydrogens is 438 g/mol. The molecule has 0 unspecified atom stereocenters. The number of hydrogen-bond acceptors (Lipinski definition) is 5. The number of furan rings is 1. The van der Waals surface area contributed by atoms with Crippen molar-refractivity contribution in [3.8, 4) is 11.3 Å². The summed E-state index contributed by atoms with van der Waals surface area (Å²) in [6, 6.07) is 14.2. The Morgan fingerprint density at radius 3 is 2.78 bits per heavy atom. The summed E-state index contributed by atoms with van der Waals surface area (Å²) in [5.74, 6) is 0.326. The fourth-order valence-corrected chi connectivity index (χ4v) is 2.84. The zero-order valence-electron chi connectivity index (χ0n) is 13.6. The Morgan fingerprint density at radius 2 is 2.04 bits per heavy atom. The highest BCUT2D eigenvalue weighted by Crippen LogP contribution is 2.32. The van der Waals surface area contributed by atoms with Gasteiger partial charge in [-0.15, -0.1) is 0 Å². The summed E-state index contributed by atoms with van der Waals surface area (Å²) >= 11 is 9.39. The summed E-state index contributed by atoms with van der Waals surface area (Å²) < 4.78 is 6.36. The molecular formula is C18H11BrClN3O4. The highest BCUT2D eigenvalue weighted by Gasteiger charge is 2.14. The molecule has 0 aliphatic rings. The zero-order valence-corrected chi connectivity index (χ0v) is 15.9. The van der Waals surface area contributed by atoms with Crippen LogP contribution in [0.1, 0.15) is 16.1 Å². The van der Waals surface area contributed by atoms with Gasteiger partial charge in [0.1, 0.15) is 11.5 Å². The van der Waals surface area contributed by atoms with Gasteiger partial charge in [-0.25, -0.2) is 5.43 Å². The average molecular weight is 449 g/mol. The van der Waals surface area contributed by atoms with Crippen LogP contribution in [0.3, 0.4) is 0 Å². The Bertz CT molecular complexity index is 1050. The number of amides is 1. The van der Waals surface area contributed by atoms with Crippen molar-refractivity contribution in [1.82, 2.24) is 5.43 Å². The third kappa shape index (κ3) is 4.60. The van der Waals surface area contributed by atoms with Gasteiger partial charge in [0.15, 0.2) is 0 Å². The molecule has 0 aliphatic carbocycles. The van der Waals surface area contributed by atoms with Gasteiger partial charge in [0, 0.05) is 27.7 Å². The number of hydrazone groups is 1. The van der Waals surface area contributed by atoms with Crippen molar-refractivity contribution in [2.75, 3.05) is 0 Å². The minimum Gasteiger partial charge on any atom is -0.455 e. The van der Waals surface area contributed by atoms with Crippen molar-refractivity contribution in [2.45, 2.75) is 0 Å². The molecule has 1 N–H and O–H groups in total. The van der Waals surface area contributed by atoms with Gasteiger partial charge in [-0.05, 0) is 36.4 Å². The lowest BCUT2D eigenvalue weighted by molar-refractivity contribution is -0.384. The fraction of sp³-hybridized carbons (Fsp3) is 0. The monoisotopic (exact) mass is 447 g/mol. The maximum absolute atomic E-state index is 12.0. The van der Waals surface area contributed by atoms with Gasteiger partial charge >= 0.3 is 0 Å². The Balaban J connectivity index is 1.73. The minimum atomic E-state index is -0.511. The number of hydrogen-bond donors (Lipinski definition) is 1. The summed E-state index contributed by atoms with van der Waals surface area (Å²) in [7, 11) is 0. The topological polar surface area (TPSA) is 97.7 Å². The third-order valence-corrected chi connectivity index (χ3v) is 4.32. The van der Waals surface area contributed by atoms with E-state index in [9.17, 15) is 14.9 Å². The first-order chi connectivity index (χ1) is 12.9. The lowest BCUT2D eigenvalue weighted by Crippen LogP contribution is -2.17. The lowest BCUT2D eigenvalue weighted by atomic mass is 10.1. The van der Waals surface area contributed by atoms with Crippen molar-refractivity contribution >= 4 is 45.3 Å². The number of nitrogens with one attached hydrogen (secondary N) is 1. The number of nitro groups is 1. The third-order valence-electron chi connectivity index (χ3n) is 3.50. The average Bonchev–Trinajstić information content (AvgIpc) is 3.10. The predicted molar refractivity (Wildman–Crippen MR) is 105 cm³/mol. The Hall–Kier alpha value is -2.97. The fourth-order valence-electron chi connectivity index (χ4n) is 2.23. The molecule has 136 valence electrons. The van der Waals surface area contributed by atoms with Crippen molar-refractivity contribution in [2.24, 2.45) is 5.10 Å². The summed E-state index contributed by atoms with van der Waals surface area (Å²) in [5, 5.41) is 15.1. The van der Waals surface area contributed by atoms with Crippen LogP contribution in [0.5, 0.6) is 0 Å². The standard InChI is InChI=1S/C18H11BrClN3O4/c19-12-3-1-2-11(8-12)18(24)22-21-10-14-5-7-17(27-14)15-9-13(23(25)26)4-6-16(15)20/h1-10H,(H,22,24)/b21-10-. The van der Waals surface area contributed by atoms with Crippen LogP contribution in [0.4, 0.5) is 5.69 Å². The van der Waals surface area contributed by atoms with Crippen LogP contribution in [-0.2, 0) is 0 Å². The molecule has 1 heterocycles. The Kier molecular flexibility index (Phi) is 5.68. The summed E-state index contributed by atoms with van der Waals surface area (Å²) in [5.41, 5.74) is 3.14. The molecule has 0 fully saturated rings. The molecule has 0 atom stereocenters. The highest BCUT2D eigenvalue weighted by molar-refractivity contribution is 9.10. The first-order valence-corrected chi connectivity index (χ1v) is 8.74. The van der Waals surface area contributed by atoms with E-state index in [1.807, 2.05) is 6.07 Å². The van der Waals surface area contributed by atoms with E-state index in [1.165, 1.54) is 24.4 Å². The first kappa shape index (κ1) is 18.8. The van der Waals surface area contributed by atoms with E-state index in [0.717, 1.165) is 4.47 Å². The SMILES string of the molecule is O=C(N/N=C\c1ccc(-c2cc([N+](=O)[O-])ccc2Cl)o1)c1cccc(Br)c1. The number of nitro benzene ring substituents is 1. The van der Waals surface area contributed by atoms with E-state index >= 15 is 0 Å². The van der Waals surface area contributed by atoms with E-state index in [1.54, 1.807) is 30.3 Å². The molecule has 0 radical (unpaired) electrons. The molecule has 0 spiro atoms. The summed E-state index contributed by atoms with van der Waals surface area (Å²) in [6.07, 6.45) is 1.32. The molecule has 0 saturated heterocycles. The molecule has 1 amide bonds. The van der Waals surface area contributed by atoms with E-state index < -0.39 is 4.92 Å². The van der Waals surface area contributed by atoms with Gasteiger partial charge in [0.25, 0.3) is 11.6 Å². The van der Waals surface area contributed by atoms with E-state index in [4.69, 9.17) is 16.0 Å². The smallest absolute Gasteiger partial charge is 0.271 e. The molecule has 3 rings (SSSR count). The maximum Gasteiger partial charge on any atom is 0.271 e. The highest BCUT2D eigenvalue weighted by atomic mass is 79.9. The van der Waals surface area contributed by atoms with Crippen LogP contribution in [0.15, 0.2) is 68.6 Å². The molecule has 1 aromatic heterocycles. The van der Waals surface area contributed by atoms with Crippen LogP contribution in [0.2, 0.25) is 5.02 Å². The van der Waals surface area contributed by atoms with Gasteiger partial charge in [-0.2, -0.15) is 5.10 Å². The predicted octanol–water partition coefficient (Wildman–Crippen LogP) is 5.03. The Labute approximate surface area is 166 Å². The lowest BCUT2D eigenvalue weighted by Gasteiger charge is -2.01. The minimum absolute atomic E-state index is 0.0951. The van der Waals surface area contributed by atoms with Gasteiger partial charge in [0.2, 0.25) is 0 Å². The number of benzene rings is 2. The molecule has 27 heavy (non-hydrogen) atoms. The normalized spacial score (nSPS) is 10.9. The Morgan fingerprint density at radius 1 is 1.22 bits per heavy atom. The number of non-ortho nitro benzene ring substituents is 1. The van der Waals surface area contributed by atoms with E-state index in [-0.39, 0.29) is 11.6 Å². The second-order valence-electron chi connectivity index (χ2n) is 5.33. The number of rotatable bonds is 5. The molecule has 9 heteroatoms. The van der Waals surface area contributed by atoms with Crippen molar-refractivity contribution in [1.29, 1.82) is 0 Å². The van der Waals surface area contributed by atoms with Gasteiger partial charge in [-0.1, -0.05) is 33.6 Å². The van der Waals surface area contributed by atoms with E-state index in [2.05, 4.69) is 26.5 Å². The van der Waals surface area contributed by atoms with Crippen LogP contribution in [0.25, 0.3) is 11.3 Å². The zero-order chi connectivity index (χ0) is 19.4. The molecule has 0 aliphatic heterocycles. The summed E-state index contributed by atoms with van der Waals surface area (Å²) in [6.45, 7) is 0. The number of carbonyl (C=O) groups is 1. The van der Waals surface area contributed by atoms with Gasteiger partial charge in [-0.3, -0.25) is 14.9 Å². The van der Waals surface area contributed by atoms with Crippen LogP contribution >= 0.6 is 27.5 Å². The van der Waals surface area contributed by atoms with Crippen LogP contribution < -0.4 is 5.43 Å². The number of carbonyl (C=O) groups excluding carboxylic acids is 1. The maximum atomic E-state index is 12.0.